The lowest BCUT2D eigenvalue weighted by atomic mass is 10.0. The molecule has 88 valence electrons. The summed E-state index contributed by atoms with van der Waals surface area (Å²) in [5.41, 5.74) is 1.21. The van der Waals surface area contributed by atoms with Crippen LogP contribution in [0.25, 0.3) is 0 Å². The van der Waals surface area contributed by atoms with Gasteiger partial charge in [0.25, 0.3) is 5.88 Å². The predicted molar refractivity (Wildman–Crippen MR) is 67.6 cm³/mol. The zero-order valence-electron chi connectivity index (χ0n) is 9.72. The maximum Gasteiger partial charge on any atom is 0.257 e. The van der Waals surface area contributed by atoms with Crippen LogP contribution in [-0.2, 0) is 0 Å². The number of nitrogens with zero attached hydrogens (tertiary/aromatic N) is 2. The lowest BCUT2D eigenvalue weighted by Gasteiger charge is -2.09. The minimum Gasteiger partial charge on any atom is -0.436 e. The number of rotatable bonds is 3. The highest BCUT2D eigenvalue weighted by Crippen LogP contribution is 2.27. The van der Waals surface area contributed by atoms with E-state index < -0.39 is 0 Å². The number of benzene rings is 1. The van der Waals surface area contributed by atoms with Crippen LogP contribution in [0.2, 0.25) is 5.15 Å². The maximum atomic E-state index is 5.88. The second kappa shape index (κ2) is 5.15. The lowest BCUT2D eigenvalue weighted by molar-refractivity contribution is 0.459. The van der Waals surface area contributed by atoms with Gasteiger partial charge in [0.1, 0.15) is 5.75 Å². The van der Waals surface area contributed by atoms with E-state index in [-0.39, 0.29) is 5.15 Å². The number of halogens is 1. The van der Waals surface area contributed by atoms with Gasteiger partial charge in [0.15, 0.2) is 5.15 Å². The van der Waals surface area contributed by atoms with E-state index in [1.807, 2.05) is 18.2 Å². The van der Waals surface area contributed by atoms with Crippen molar-refractivity contribution in [2.24, 2.45) is 0 Å². The van der Waals surface area contributed by atoms with Gasteiger partial charge in [-0.2, -0.15) is 0 Å². The lowest BCUT2D eigenvalue weighted by Crippen LogP contribution is -1.92. The molecule has 0 fully saturated rings. The van der Waals surface area contributed by atoms with Crippen molar-refractivity contribution >= 4 is 11.6 Å². The summed E-state index contributed by atoms with van der Waals surface area (Å²) >= 11 is 5.88. The summed E-state index contributed by atoms with van der Waals surface area (Å²) in [7, 11) is 0. The van der Waals surface area contributed by atoms with E-state index in [9.17, 15) is 0 Å². The highest BCUT2D eigenvalue weighted by molar-refractivity contribution is 6.30. The molecule has 0 N–H and O–H groups in total. The van der Waals surface area contributed by atoms with Crippen LogP contribution in [0.5, 0.6) is 11.6 Å². The standard InChI is InChI=1S/C13H13ClN2O/c1-9(2)10-4-3-5-11(8-10)17-13-12(14)15-6-7-16-13/h3-9H,1-2H3. The summed E-state index contributed by atoms with van der Waals surface area (Å²) in [4.78, 5) is 7.94. The molecule has 0 bridgehead atoms. The summed E-state index contributed by atoms with van der Waals surface area (Å²) in [5, 5.41) is 0.266. The predicted octanol–water partition coefficient (Wildman–Crippen LogP) is 4.05. The van der Waals surface area contributed by atoms with Crippen molar-refractivity contribution in [1.82, 2.24) is 9.97 Å². The van der Waals surface area contributed by atoms with Crippen molar-refractivity contribution < 1.29 is 4.74 Å². The average molecular weight is 249 g/mol. The van der Waals surface area contributed by atoms with Gasteiger partial charge in [-0.05, 0) is 23.6 Å². The van der Waals surface area contributed by atoms with Gasteiger partial charge in [-0.25, -0.2) is 9.97 Å². The zero-order chi connectivity index (χ0) is 12.3. The van der Waals surface area contributed by atoms with Crippen molar-refractivity contribution in [3.63, 3.8) is 0 Å². The van der Waals surface area contributed by atoms with E-state index in [1.165, 1.54) is 11.8 Å². The molecule has 0 aliphatic heterocycles. The van der Waals surface area contributed by atoms with Crippen LogP contribution in [0.1, 0.15) is 25.3 Å². The Hall–Kier alpha value is -1.61. The van der Waals surface area contributed by atoms with E-state index in [0.717, 1.165) is 5.75 Å². The smallest absolute Gasteiger partial charge is 0.257 e. The fourth-order valence-electron chi connectivity index (χ4n) is 1.43. The summed E-state index contributed by atoms with van der Waals surface area (Å²) in [5.74, 6) is 1.50. The van der Waals surface area contributed by atoms with Crippen LogP contribution < -0.4 is 4.74 Å². The summed E-state index contributed by atoms with van der Waals surface area (Å²) < 4.78 is 5.59. The van der Waals surface area contributed by atoms with E-state index in [0.29, 0.717) is 11.8 Å². The van der Waals surface area contributed by atoms with Gasteiger partial charge in [-0.1, -0.05) is 37.6 Å². The van der Waals surface area contributed by atoms with Gasteiger partial charge < -0.3 is 4.74 Å². The molecule has 0 saturated carbocycles. The molecule has 0 radical (unpaired) electrons. The Bertz CT molecular complexity index is 514. The first-order valence-corrected chi connectivity index (χ1v) is 5.79. The van der Waals surface area contributed by atoms with Crippen molar-refractivity contribution in [3.05, 3.63) is 47.4 Å². The number of hydrogen-bond donors (Lipinski definition) is 0. The molecule has 1 heterocycles. The Morgan fingerprint density at radius 3 is 2.65 bits per heavy atom. The van der Waals surface area contributed by atoms with Crippen LogP contribution in [-0.4, -0.2) is 9.97 Å². The molecule has 0 aliphatic carbocycles. The van der Waals surface area contributed by atoms with Gasteiger partial charge in [-0.15, -0.1) is 0 Å². The Morgan fingerprint density at radius 2 is 1.94 bits per heavy atom. The molecule has 1 aromatic heterocycles. The van der Waals surface area contributed by atoms with Gasteiger partial charge in [0.05, 0.1) is 0 Å². The number of hydrogen-bond acceptors (Lipinski definition) is 3. The molecular formula is C13H13ClN2O. The van der Waals surface area contributed by atoms with Crippen molar-refractivity contribution in [3.8, 4) is 11.6 Å². The Kier molecular flexibility index (Phi) is 3.59. The minimum atomic E-state index is 0.266. The number of aromatic nitrogens is 2. The van der Waals surface area contributed by atoms with Crippen molar-refractivity contribution in [2.45, 2.75) is 19.8 Å². The Labute approximate surface area is 105 Å². The highest BCUT2D eigenvalue weighted by Gasteiger charge is 2.06. The number of ether oxygens (including phenoxy) is 1. The molecule has 0 atom stereocenters. The first-order valence-electron chi connectivity index (χ1n) is 5.41. The molecule has 0 aliphatic rings. The largest absolute Gasteiger partial charge is 0.436 e. The Balaban J connectivity index is 2.25. The monoisotopic (exact) mass is 248 g/mol. The summed E-state index contributed by atoms with van der Waals surface area (Å²) in [6.45, 7) is 4.27. The second-order valence-corrected chi connectivity index (χ2v) is 4.34. The van der Waals surface area contributed by atoms with Gasteiger partial charge in [0, 0.05) is 12.4 Å². The van der Waals surface area contributed by atoms with Gasteiger partial charge in [0.2, 0.25) is 0 Å². The van der Waals surface area contributed by atoms with Crippen molar-refractivity contribution in [2.75, 3.05) is 0 Å². The second-order valence-electron chi connectivity index (χ2n) is 3.98. The van der Waals surface area contributed by atoms with Crippen LogP contribution in [0.3, 0.4) is 0 Å². The average Bonchev–Trinajstić information content (AvgIpc) is 2.32. The zero-order valence-corrected chi connectivity index (χ0v) is 10.5. The molecule has 17 heavy (non-hydrogen) atoms. The molecule has 0 amide bonds. The fraction of sp³-hybridized carbons (Fsp3) is 0.231. The van der Waals surface area contributed by atoms with Gasteiger partial charge >= 0.3 is 0 Å². The molecule has 2 aromatic rings. The third-order valence-electron chi connectivity index (χ3n) is 2.36. The van der Waals surface area contributed by atoms with Crippen LogP contribution in [0.4, 0.5) is 0 Å². The summed E-state index contributed by atoms with van der Waals surface area (Å²) in [6.07, 6.45) is 3.08. The summed E-state index contributed by atoms with van der Waals surface area (Å²) in [6, 6.07) is 7.87. The van der Waals surface area contributed by atoms with E-state index in [1.54, 1.807) is 6.20 Å². The Morgan fingerprint density at radius 1 is 1.18 bits per heavy atom. The first-order chi connectivity index (χ1) is 8.16. The molecule has 1 aromatic carbocycles. The molecule has 4 heteroatoms. The topological polar surface area (TPSA) is 35.0 Å². The van der Waals surface area contributed by atoms with Crippen molar-refractivity contribution in [1.29, 1.82) is 0 Å². The maximum absolute atomic E-state index is 5.88. The minimum absolute atomic E-state index is 0.266. The fourth-order valence-corrected chi connectivity index (χ4v) is 1.57. The van der Waals surface area contributed by atoms with E-state index in [2.05, 4.69) is 29.9 Å². The van der Waals surface area contributed by atoms with E-state index >= 15 is 0 Å². The highest BCUT2D eigenvalue weighted by atomic mass is 35.5. The van der Waals surface area contributed by atoms with Gasteiger partial charge in [-0.3, -0.25) is 0 Å². The molecule has 0 spiro atoms. The third kappa shape index (κ3) is 2.94. The first kappa shape index (κ1) is 11.9. The molecular weight excluding hydrogens is 236 g/mol. The SMILES string of the molecule is CC(C)c1cccc(Oc2nccnc2Cl)c1. The normalized spacial score (nSPS) is 10.6. The molecule has 0 saturated heterocycles. The quantitative estimate of drug-likeness (QED) is 0.822. The molecule has 0 unspecified atom stereocenters. The van der Waals surface area contributed by atoms with Crippen LogP contribution in [0.15, 0.2) is 36.7 Å². The van der Waals surface area contributed by atoms with Crippen LogP contribution >= 0.6 is 11.6 Å². The third-order valence-corrected chi connectivity index (χ3v) is 2.62. The molecule has 3 nitrogen and oxygen atoms in total. The molecule has 2 rings (SSSR count). The van der Waals surface area contributed by atoms with Crippen LogP contribution in [0, 0.1) is 0 Å². The van der Waals surface area contributed by atoms with E-state index in [4.69, 9.17) is 16.3 Å².